The number of nitrogens with zero attached hydrogens (tertiary/aromatic N) is 1. The van der Waals surface area contributed by atoms with E-state index in [1.807, 2.05) is 0 Å². The molecule has 1 fully saturated rings. The normalized spacial score (nSPS) is 14.9. The van der Waals surface area contributed by atoms with Gasteiger partial charge in [-0.25, -0.2) is 12.8 Å². The first kappa shape index (κ1) is 16.7. The Morgan fingerprint density at radius 1 is 1.17 bits per heavy atom. The summed E-state index contributed by atoms with van der Waals surface area (Å²) < 4.78 is 40.4. The minimum atomic E-state index is -3.97. The third kappa shape index (κ3) is 3.37. The minimum absolute atomic E-state index is 0.0107. The fourth-order valence-corrected chi connectivity index (χ4v) is 4.14. The van der Waals surface area contributed by atoms with Gasteiger partial charge in [-0.1, -0.05) is 17.7 Å². The van der Waals surface area contributed by atoms with Gasteiger partial charge in [-0.3, -0.25) is 9.52 Å². The molecular formula is C16H14ClFN2O3S. The summed E-state index contributed by atoms with van der Waals surface area (Å²) in [6.07, 6.45) is 1.26. The molecule has 2 aromatic rings. The maximum absolute atomic E-state index is 13.1. The standard InChI is InChI=1S/C16H14ClFN2O3S/c17-14-9-11(18)6-7-15(14)24(22,23)19-12-3-1-4-13(10-12)20-8-2-5-16(20)21/h1,3-4,6-7,9-10,19H,2,5,8H2. The summed E-state index contributed by atoms with van der Waals surface area (Å²) in [6, 6.07) is 9.62. The van der Waals surface area contributed by atoms with Gasteiger partial charge in [0.1, 0.15) is 10.7 Å². The van der Waals surface area contributed by atoms with Crippen molar-refractivity contribution in [2.45, 2.75) is 17.7 Å². The Morgan fingerprint density at radius 3 is 2.62 bits per heavy atom. The van der Waals surface area contributed by atoms with Crippen LogP contribution in [0.4, 0.5) is 15.8 Å². The van der Waals surface area contributed by atoms with Crippen molar-refractivity contribution in [3.8, 4) is 0 Å². The molecule has 8 heteroatoms. The van der Waals surface area contributed by atoms with Crippen molar-refractivity contribution in [1.82, 2.24) is 0 Å². The SMILES string of the molecule is O=C1CCCN1c1cccc(NS(=O)(=O)c2ccc(F)cc2Cl)c1. The van der Waals surface area contributed by atoms with Crippen LogP contribution in [0.2, 0.25) is 5.02 Å². The number of carbonyl (C=O) groups excluding carboxylic acids is 1. The zero-order valence-corrected chi connectivity index (χ0v) is 14.1. The molecule has 5 nitrogen and oxygen atoms in total. The lowest BCUT2D eigenvalue weighted by molar-refractivity contribution is -0.117. The Hall–Kier alpha value is -2.12. The molecule has 1 heterocycles. The average molecular weight is 369 g/mol. The van der Waals surface area contributed by atoms with Crippen molar-refractivity contribution in [1.29, 1.82) is 0 Å². The van der Waals surface area contributed by atoms with Crippen LogP contribution >= 0.6 is 11.6 Å². The number of nitrogens with one attached hydrogen (secondary N) is 1. The number of carbonyl (C=O) groups is 1. The van der Waals surface area contributed by atoms with Gasteiger partial charge in [0.25, 0.3) is 10.0 Å². The van der Waals surface area contributed by atoms with Gasteiger partial charge in [-0.2, -0.15) is 0 Å². The number of hydrogen-bond acceptors (Lipinski definition) is 3. The predicted molar refractivity (Wildman–Crippen MR) is 90.2 cm³/mol. The molecule has 0 aliphatic carbocycles. The molecule has 0 atom stereocenters. The maximum atomic E-state index is 13.1. The lowest BCUT2D eigenvalue weighted by atomic mass is 10.2. The van der Waals surface area contributed by atoms with Crippen LogP contribution in [0.15, 0.2) is 47.4 Å². The highest BCUT2D eigenvalue weighted by Crippen LogP contribution is 2.28. The van der Waals surface area contributed by atoms with Gasteiger partial charge in [0.15, 0.2) is 0 Å². The molecule has 1 saturated heterocycles. The van der Waals surface area contributed by atoms with Crippen molar-refractivity contribution < 1.29 is 17.6 Å². The molecule has 126 valence electrons. The molecule has 0 bridgehead atoms. The number of hydrogen-bond donors (Lipinski definition) is 1. The second-order valence-electron chi connectivity index (χ2n) is 5.38. The molecule has 1 aliphatic heterocycles. The quantitative estimate of drug-likeness (QED) is 0.899. The number of halogens is 2. The average Bonchev–Trinajstić information content (AvgIpc) is 2.92. The number of benzene rings is 2. The summed E-state index contributed by atoms with van der Waals surface area (Å²) in [4.78, 5) is 13.2. The zero-order chi connectivity index (χ0) is 17.3. The summed E-state index contributed by atoms with van der Waals surface area (Å²) in [6.45, 7) is 0.610. The largest absolute Gasteiger partial charge is 0.312 e. The number of rotatable bonds is 4. The Labute approximate surface area is 144 Å². The highest BCUT2D eigenvalue weighted by Gasteiger charge is 2.23. The predicted octanol–water partition coefficient (Wildman–Crippen LogP) is 3.41. The zero-order valence-electron chi connectivity index (χ0n) is 12.5. The molecule has 2 aromatic carbocycles. The summed E-state index contributed by atoms with van der Waals surface area (Å²) in [5.74, 6) is -0.606. The first-order chi connectivity index (χ1) is 11.4. The van der Waals surface area contributed by atoms with Gasteiger partial charge >= 0.3 is 0 Å². The van der Waals surface area contributed by atoms with Crippen molar-refractivity contribution in [3.05, 3.63) is 53.3 Å². The molecule has 1 aliphatic rings. The van der Waals surface area contributed by atoms with Gasteiger partial charge in [-0.15, -0.1) is 0 Å². The van der Waals surface area contributed by atoms with Gasteiger partial charge < -0.3 is 4.90 Å². The molecule has 0 radical (unpaired) electrons. The van der Waals surface area contributed by atoms with Crippen LogP contribution in [0.3, 0.4) is 0 Å². The van der Waals surface area contributed by atoms with Crippen molar-refractivity contribution in [3.63, 3.8) is 0 Å². The van der Waals surface area contributed by atoms with Crippen molar-refractivity contribution >= 4 is 38.9 Å². The Bertz CT molecular complexity index is 902. The van der Waals surface area contributed by atoms with E-state index in [0.29, 0.717) is 24.3 Å². The van der Waals surface area contributed by atoms with Crippen LogP contribution in [0.1, 0.15) is 12.8 Å². The summed E-state index contributed by atoms with van der Waals surface area (Å²) in [5, 5.41) is -0.201. The van der Waals surface area contributed by atoms with E-state index < -0.39 is 15.8 Å². The smallest absolute Gasteiger partial charge is 0.263 e. The lowest BCUT2D eigenvalue weighted by Gasteiger charge is -2.17. The summed E-state index contributed by atoms with van der Waals surface area (Å²) in [5.41, 5.74) is 0.926. The molecule has 0 saturated carbocycles. The van der Waals surface area contributed by atoms with Crippen LogP contribution in [-0.4, -0.2) is 20.9 Å². The highest BCUT2D eigenvalue weighted by atomic mass is 35.5. The second-order valence-corrected chi connectivity index (χ2v) is 7.44. The topological polar surface area (TPSA) is 66.5 Å². The fraction of sp³-hybridized carbons (Fsp3) is 0.188. The third-order valence-corrected chi connectivity index (χ3v) is 5.53. The van der Waals surface area contributed by atoms with Crippen LogP contribution in [0.5, 0.6) is 0 Å². The molecule has 0 unspecified atom stereocenters. The highest BCUT2D eigenvalue weighted by molar-refractivity contribution is 7.92. The molecule has 1 N–H and O–H groups in total. The molecule has 3 rings (SSSR count). The molecule has 1 amide bonds. The van der Waals surface area contributed by atoms with E-state index in [2.05, 4.69) is 4.72 Å². The molecule has 0 aromatic heterocycles. The first-order valence-electron chi connectivity index (χ1n) is 7.25. The van der Waals surface area contributed by atoms with Crippen molar-refractivity contribution in [2.75, 3.05) is 16.2 Å². The van der Waals surface area contributed by atoms with Gasteiger partial charge in [0.2, 0.25) is 5.91 Å². The first-order valence-corrected chi connectivity index (χ1v) is 9.11. The third-order valence-electron chi connectivity index (χ3n) is 3.67. The Morgan fingerprint density at radius 2 is 1.96 bits per heavy atom. The van der Waals surface area contributed by atoms with E-state index in [-0.39, 0.29) is 15.8 Å². The van der Waals surface area contributed by atoms with Gasteiger partial charge in [0, 0.05) is 18.7 Å². The monoisotopic (exact) mass is 368 g/mol. The molecule has 24 heavy (non-hydrogen) atoms. The summed E-state index contributed by atoms with van der Waals surface area (Å²) >= 11 is 5.82. The molecule has 0 spiro atoms. The van der Waals surface area contributed by atoms with Crippen LogP contribution in [0, 0.1) is 5.82 Å². The number of amides is 1. The Kier molecular flexibility index (Phi) is 4.47. The van der Waals surface area contributed by atoms with E-state index in [0.717, 1.165) is 24.6 Å². The van der Waals surface area contributed by atoms with Crippen LogP contribution in [0.25, 0.3) is 0 Å². The lowest BCUT2D eigenvalue weighted by Crippen LogP contribution is -2.23. The van der Waals surface area contributed by atoms with Gasteiger partial charge in [0.05, 0.1) is 10.7 Å². The van der Waals surface area contributed by atoms with E-state index in [1.54, 1.807) is 29.2 Å². The number of anilines is 2. The Balaban J connectivity index is 1.89. The fourth-order valence-electron chi connectivity index (χ4n) is 2.56. The maximum Gasteiger partial charge on any atom is 0.263 e. The van der Waals surface area contributed by atoms with E-state index in [4.69, 9.17) is 11.6 Å². The van der Waals surface area contributed by atoms with Gasteiger partial charge in [-0.05, 0) is 42.8 Å². The molecular weight excluding hydrogens is 355 g/mol. The van der Waals surface area contributed by atoms with E-state index in [9.17, 15) is 17.6 Å². The van der Waals surface area contributed by atoms with E-state index >= 15 is 0 Å². The minimum Gasteiger partial charge on any atom is -0.312 e. The number of sulfonamides is 1. The second kappa shape index (κ2) is 6.41. The van der Waals surface area contributed by atoms with Crippen LogP contribution < -0.4 is 9.62 Å². The van der Waals surface area contributed by atoms with Crippen molar-refractivity contribution in [2.24, 2.45) is 0 Å². The van der Waals surface area contributed by atoms with E-state index in [1.165, 1.54) is 0 Å². The van der Waals surface area contributed by atoms with Crippen LogP contribution in [-0.2, 0) is 14.8 Å². The summed E-state index contributed by atoms with van der Waals surface area (Å²) in [7, 11) is -3.97.